The van der Waals surface area contributed by atoms with Crippen LogP contribution in [0.4, 0.5) is 5.69 Å². The first-order chi connectivity index (χ1) is 10.1. The van der Waals surface area contributed by atoms with Gasteiger partial charge in [0.1, 0.15) is 5.75 Å². The third-order valence-electron chi connectivity index (χ3n) is 2.61. The summed E-state index contributed by atoms with van der Waals surface area (Å²) < 4.78 is 14.5. The Bertz CT molecular complexity index is 504. The van der Waals surface area contributed by atoms with Crippen LogP contribution < -0.4 is 10.3 Å². The minimum absolute atomic E-state index is 0. The minimum Gasteiger partial charge on any atom is -0.412 e. The predicted molar refractivity (Wildman–Crippen MR) is 80.8 cm³/mol. The molecule has 0 fully saturated rings. The number of benzene rings is 1. The third kappa shape index (κ3) is 9.92. The van der Waals surface area contributed by atoms with E-state index >= 15 is 0 Å². The molecule has 0 amide bonds. The van der Waals surface area contributed by atoms with E-state index in [0.717, 1.165) is 24.3 Å². The van der Waals surface area contributed by atoms with Gasteiger partial charge < -0.3 is 25.9 Å². The minimum atomic E-state index is -4.60. The van der Waals surface area contributed by atoms with E-state index in [4.69, 9.17) is 25.7 Å². The number of rotatable bonds is 6. The largest absolute Gasteiger partial charge is 0.524 e. The molecule has 0 aliphatic carbocycles. The number of aliphatic hydroxyl groups is 2. The SMILES string of the molecule is CCC(N)(CO)CO.O.O=[N+]([O-])c1ccc(OP(=O)(O)O)cc1. The van der Waals surface area contributed by atoms with Crippen LogP contribution in [0.25, 0.3) is 0 Å². The maximum atomic E-state index is 10.4. The van der Waals surface area contributed by atoms with Gasteiger partial charge in [0.25, 0.3) is 5.69 Å². The highest BCUT2D eigenvalue weighted by molar-refractivity contribution is 7.46. The van der Waals surface area contributed by atoms with Gasteiger partial charge in [-0.2, -0.15) is 0 Å². The molecule has 0 aromatic heterocycles. The van der Waals surface area contributed by atoms with Gasteiger partial charge in [0.15, 0.2) is 0 Å². The average Bonchev–Trinajstić information content (AvgIpc) is 2.46. The molecule has 0 atom stereocenters. The van der Waals surface area contributed by atoms with Crippen LogP contribution in [0.2, 0.25) is 0 Å². The Hall–Kier alpha value is -1.59. The van der Waals surface area contributed by atoms with Crippen LogP contribution in [0.3, 0.4) is 0 Å². The van der Waals surface area contributed by atoms with Crippen LogP contribution in [0.5, 0.6) is 5.75 Å². The van der Waals surface area contributed by atoms with Gasteiger partial charge in [-0.1, -0.05) is 6.92 Å². The number of nitrogens with two attached hydrogens (primary N) is 1. The van der Waals surface area contributed by atoms with Crippen LogP contribution >= 0.6 is 7.82 Å². The summed E-state index contributed by atoms with van der Waals surface area (Å²) >= 11 is 0. The summed E-state index contributed by atoms with van der Waals surface area (Å²) in [7, 11) is -4.60. The molecular formula is C11H21N2O9P. The zero-order valence-corrected chi connectivity index (χ0v) is 13.2. The molecule has 0 spiro atoms. The molecular weight excluding hydrogens is 335 g/mol. The van der Waals surface area contributed by atoms with Gasteiger partial charge in [-0.05, 0) is 18.6 Å². The molecule has 1 rings (SSSR count). The molecule has 1 aromatic carbocycles. The summed E-state index contributed by atoms with van der Waals surface area (Å²) in [5.41, 5.74) is 4.45. The van der Waals surface area contributed by atoms with Gasteiger partial charge in [-0.3, -0.25) is 19.9 Å². The van der Waals surface area contributed by atoms with E-state index in [1.54, 1.807) is 0 Å². The predicted octanol–water partition coefficient (Wildman–Crippen LogP) is -0.680. The van der Waals surface area contributed by atoms with E-state index in [2.05, 4.69) is 4.52 Å². The molecule has 0 bridgehead atoms. The molecule has 0 saturated heterocycles. The highest BCUT2D eigenvalue weighted by Gasteiger charge is 2.19. The summed E-state index contributed by atoms with van der Waals surface area (Å²) in [6.45, 7) is 1.52. The lowest BCUT2D eigenvalue weighted by molar-refractivity contribution is -0.384. The number of aliphatic hydroxyl groups excluding tert-OH is 2. The van der Waals surface area contributed by atoms with Gasteiger partial charge >= 0.3 is 7.82 Å². The van der Waals surface area contributed by atoms with Crippen molar-refractivity contribution in [1.29, 1.82) is 0 Å². The van der Waals surface area contributed by atoms with Crippen molar-refractivity contribution >= 4 is 13.5 Å². The fraction of sp³-hybridized carbons (Fsp3) is 0.455. The van der Waals surface area contributed by atoms with E-state index < -0.39 is 18.3 Å². The fourth-order valence-electron chi connectivity index (χ4n) is 1.04. The Kier molecular flexibility index (Phi) is 10.5. The lowest BCUT2D eigenvalue weighted by Crippen LogP contribution is -2.46. The monoisotopic (exact) mass is 356 g/mol. The Morgan fingerprint density at radius 2 is 1.70 bits per heavy atom. The second-order valence-corrected chi connectivity index (χ2v) is 5.53. The van der Waals surface area contributed by atoms with E-state index in [9.17, 15) is 14.7 Å². The molecule has 1 aromatic rings. The Labute approximate surface area is 132 Å². The van der Waals surface area contributed by atoms with Gasteiger partial charge in [0.2, 0.25) is 0 Å². The van der Waals surface area contributed by atoms with Crippen molar-refractivity contribution in [1.82, 2.24) is 0 Å². The zero-order valence-electron chi connectivity index (χ0n) is 12.3. The highest BCUT2D eigenvalue weighted by Crippen LogP contribution is 2.37. The molecule has 8 N–H and O–H groups in total. The number of hydrogen-bond acceptors (Lipinski definition) is 7. The summed E-state index contributed by atoms with van der Waals surface area (Å²) in [5.74, 6) is -0.121. The van der Waals surface area contributed by atoms with Gasteiger partial charge in [-0.25, -0.2) is 4.57 Å². The normalized spacial score (nSPS) is 10.9. The molecule has 0 unspecified atom stereocenters. The zero-order chi connectivity index (χ0) is 17.4. The number of phosphoric ester groups is 1. The van der Waals surface area contributed by atoms with Crippen LogP contribution in [-0.2, 0) is 4.57 Å². The van der Waals surface area contributed by atoms with Crippen molar-refractivity contribution in [2.45, 2.75) is 18.9 Å². The summed E-state index contributed by atoms with van der Waals surface area (Å²) in [5, 5.41) is 27.2. The van der Waals surface area contributed by atoms with Crippen LogP contribution in [0.1, 0.15) is 13.3 Å². The topological polar surface area (TPSA) is 208 Å². The molecule has 12 heteroatoms. The smallest absolute Gasteiger partial charge is 0.412 e. The van der Waals surface area contributed by atoms with Crippen molar-refractivity contribution in [2.24, 2.45) is 5.73 Å². The number of phosphoric acid groups is 1. The third-order valence-corrected chi connectivity index (χ3v) is 3.05. The lowest BCUT2D eigenvalue weighted by Gasteiger charge is -2.21. The number of nitro benzene ring substituents is 1. The van der Waals surface area contributed by atoms with Crippen LogP contribution in [0.15, 0.2) is 24.3 Å². The van der Waals surface area contributed by atoms with E-state index in [1.165, 1.54) is 0 Å². The molecule has 134 valence electrons. The Balaban J connectivity index is 0. The molecule has 0 saturated carbocycles. The number of hydrogen-bond donors (Lipinski definition) is 5. The van der Waals surface area contributed by atoms with E-state index in [1.807, 2.05) is 6.92 Å². The first kappa shape index (κ1) is 23.7. The maximum absolute atomic E-state index is 10.4. The average molecular weight is 356 g/mol. The van der Waals surface area contributed by atoms with Gasteiger partial charge in [0, 0.05) is 12.1 Å². The molecule has 0 heterocycles. The highest BCUT2D eigenvalue weighted by atomic mass is 31.2. The summed E-state index contributed by atoms with van der Waals surface area (Å²) in [6, 6.07) is 4.39. The van der Waals surface area contributed by atoms with Crippen LogP contribution in [0, 0.1) is 10.1 Å². The summed E-state index contributed by atoms with van der Waals surface area (Å²) in [4.78, 5) is 26.4. The van der Waals surface area contributed by atoms with Gasteiger partial charge in [-0.15, -0.1) is 0 Å². The molecule has 0 aliphatic rings. The van der Waals surface area contributed by atoms with Crippen molar-refractivity contribution in [3.63, 3.8) is 0 Å². The Morgan fingerprint density at radius 1 is 1.26 bits per heavy atom. The van der Waals surface area contributed by atoms with E-state index in [0.29, 0.717) is 6.42 Å². The molecule has 11 nitrogen and oxygen atoms in total. The van der Waals surface area contributed by atoms with Gasteiger partial charge in [0.05, 0.1) is 23.7 Å². The van der Waals surface area contributed by atoms with Crippen molar-refractivity contribution in [2.75, 3.05) is 13.2 Å². The van der Waals surface area contributed by atoms with Crippen molar-refractivity contribution in [3.8, 4) is 5.75 Å². The van der Waals surface area contributed by atoms with Crippen molar-refractivity contribution < 1.29 is 39.5 Å². The number of nitrogens with zero attached hydrogens (tertiary/aromatic N) is 1. The second kappa shape index (κ2) is 10.2. The Morgan fingerprint density at radius 3 is 1.91 bits per heavy atom. The molecule has 23 heavy (non-hydrogen) atoms. The molecule has 0 radical (unpaired) electrons. The first-order valence-corrected chi connectivity index (χ1v) is 7.60. The summed E-state index contributed by atoms with van der Waals surface area (Å²) in [6.07, 6.45) is 0.597. The second-order valence-electron chi connectivity index (χ2n) is 4.37. The van der Waals surface area contributed by atoms with Crippen molar-refractivity contribution in [3.05, 3.63) is 34.4 Å². The van der Waals surface area contributed by atoms with Crippen LogP contribution in [-0.4, -0.2) is 49.2 Å². The maximum Gasteiger partial charge on any atom is 0.524 e. The lowest BCUT2D eigenvalue weighted by atomic mass is 10.0. The quantitative estimate of drug-likeness (QED) is 0.248. The standard InChI is InChI=1S/C6H6NO6P.C5H13NO2.H2O/c8-7(9)5-1-3-6(4-2-5)13-14(10,11)12;1-2-5(6,3-7)4-8;/h1-4H,(H2,10,11,12);7-8H,2-4,6H2,1H3;1H2. The number of nitro groups is 1. The first-order valence-electron chi connectivity index (χ1n) is 6.07. The number of non-ortho nitro benzene ring substituents is 1. The fourth-order valence-corrected chi connectivity index (χ4v) is 1.44. The molecule has 0 aliphatic heterocycles. The van der Waals surface area contributed by atoms with E-state index in [-0.39, 0.29) is 30.1 Å².